The Bertz CT molecular complexity index is 136. The lowest BCUT2D eigenvalue weighted by Crippen LogP contribution is -2.35. The minimum absolute atomic E-state index is 0.648. The Labute approximate surface area is 93.4 Å². The predicted molar refractivity (Wildman–Crippen MR) is 67.1 cm³/mol. The molecular formula is C12H25NS. The molecule has 0 unspecified atom stereocenters. The van der Waals surface area contributed by atoms with Crippen LogP contribution in [-0.4, -0.2) is 25.1 Å². The summed E-state index contributed by atoms with van der Waals surface area (Å²) in [5, 5.41) is 3.40. The molecule has 0 heterocycles. The van der Waals surface area contributed by atoms with Crippen LogP contribution in [0.1, 0.15) is 45.4 Å². The highest BCUT2D eigenvalue weighted by atomic mass is 32.2. The molecule has 0 aromatic carbocycles. The number of thioether (sulfide) groups is 1. The Hall–Kier alpha value is 0.310. The highest BCUT2D eigenvalue weighted by Gasteiger charge is 2.30. The molecule has 1 fully saturated rings. The summed E-state index contributed by atoms with van der Waals surface area (Å²) >= 11 is 2.10. The molecule has 14 heavy (non-hydrogen) atoms. The molecule has 1 rings (SSSR count). The van der Waals surface area contributed by atoms with Crippen molar-refractivity contribution in [3.63, 3.8) is 0 Å². The normalized spacial score (nSPS) is 21.0. The second kappa shape index (κ2) is 6.73. The van der Waals surface area contributed by atoms with Crippen LogP contribution in [0.3, 0.4) is 0 Å². The molecular weight excluding hydrogens is 190 g/mol. The summed E-state index contributed by atoms with van der Waals surface area (Å²) < 4.78 is 0. The van der Waals surface area contributed by atoms with Crippen molar-refractivity contribution in [3.05, 3.63) is 0 Å². The van der Waals surface area contributed by atoms with Gasteiger partial charge in [-0.1, -0.05) is 26.2 Å². The van der Waals surface area contributed by atoms with E-state index in [0.717, 1.165) is 0 Å². The fraction of sp³-hybridized carbons (Fsp3) is 1.00. The van der Waals surface area contributed by atoms with Crippen LogP contribution >= 0.6 is 11.8 Å². The molecule has 0 amide bonds. The molecule has 0 aromatic heterocycles. The number of hydrogen-bond donors (Lipinski definition) is 1. The molecule has 0 atom stereocenters. The Balaban J connectivity index is 2.34. The lowest BCUT2D eigenvalue weighted by atomic mass is 9.72. The van der Waals surface area contributed by atoms with Gasteiger partial charge >= 0.3 is 0 Å². The zero-order chi connectivity index (χ0) is 10.3. The maximum atomic E-state index is 3.40. The molecule has 0 aliphatic heterocycles. The number of hydrogen-bond acceptors (Lipinski definition) is 2. The van der Waals surface area contributed by atoms with Crippen LogP contribution in [0.25, 0.3) is 0 Å². The molecule has 0 saturated heterocycles. The van der Waals surface area contributed by atoms with Gasteiger partial charge in [-0.2, -0.15) is 11.8 Å². The van der Waals surface area contributed by atoms with Crippen LogP contribution in [0, 0.1) is 5.41 Å². The highest BCUT2D eigenvalue weighted by molar-refractivity contribution is 7.99. The van der Waals surface area contributed by atoms with Gasteiger partial charge in [0.25, 0.3) is 0 Å². The molecule has 1 saturated carbocycles. The third-order valence-corrected chi connectivity index (χ3v) is 4.35. The summed E-state index contributed by atoms with van der Waals surface area (Å²) in [5.74, 6) is 2.63. The first-order valence-electron chi connectivity index (χ1n) is 6.05. The van der Waals surface area contributed by atoms with Gasteiger partial charge in [-0.05, 0) is 43.2 Å². The molecule has 1 N–H and O–H groups in total. The Kier molecular flexibility index (Phi) is 5.95. The van der Waals surface area contributed by atoms with Gasteiger partial charge in [0, 0.05) is 6.54 Å². The van der Waals surface area contributed by atoms with E-state index in [1.807, 2.05) is 0 Å². The van der Waals surface area contributed by atoms with E-state index in [2.05, 4.69) is 31.1 Å². The highest BCUT2D eigenvalue weighted by Crippen LogP contribution is 2.39. The number of nitrogens with one attached hydrogen (secondary N) is 1. The van der Waals surface area contributed by atoms with Gasteiger partial charge in [0.15, 0.2) is 0 Å². The summed E-state index contributed by atoms with van der Waals surface area (Å²) in [6.45, 7) is 3.49. The molecule has 0 spiro atoms. The van der Waals surface area contributed by atoms with E-state index in [-0.39, 0.29) is 0 Å². The van der Waals surface area contributed by atoms with Gasteiger partial charge in [-0.3, -0.25) is 0 Å². The minimum Gasteiger partial charge on any atom is -0.319 e. The smallest absolute Gasteiger partial charge is 0.000510 e. The standard InChI is InChI=1S/C12H25NS/c1-3-14-10-9-12(11-13-2)7-5-4-6-8-12/h13H,3-11H2,1-2H3. The maximum absolute atomic E-state index is 3.40. The van der Waals surface area contributed by atoms with Crippen molar-refractivity contribution in [2.75, 3.05) is 25.1 Å². The maximum Gasteiger partial charge on any atom is 0.000510 e. The fourth-order valence-corrected chi connectivity index (χ4v) is 3.49. The largest absolute Gasteiger partial charge is 0.319 e. The quantitative estimate of drug-likeness (QED) is 0.682. The second-order valence-electron chi connectivity index (χ2n) is 4.54. The molecule has 0 aromatic rings. The topological polar surface area (TPSA) is 12.0 Å². The van der Waals surface area contributed by atoms with E-state index in [0.29, 0.717) is 5.41 Å². The van der Waals surface area contributed by atoms with Crippen molar-refractivity contribution in [2.45, 2.75) is 45.4 Å². The first-order valence-corrected chi connectivity index (χ1v) is 7.21. The van der Waals surface area contributed by atoms with Crippen molar-refractivity contribution in [1.82, 2.24) is 5.32 Å². The average molecular weight is 215 g/mol. The molecule has 0 radical (unpaired) electrons. The zero-order valence-corrected chi connectivity index (χ0v) is 10.6. The van der Waals surface area contributed by atoms with Crippen molar-refractivity contribution < 1.29 is 0 Å². The van der Waals surface area contributed by atoms with Crippen LogP contribution in [0.2, 0.25) is 0 Å². The second-order valence-corrected chi connectivity index (χ2v) is 5.93. The fourth-order valence-electron chi connectivity index (χ4n) is 2.62. The molecule has 84 valence electrons. The summed E-state index contributed by atoms with van der Waals surface area (Å²) in [4.78, 5) is 0. The minimum atomic E-state index is 0.648. The summed E-state index contributed by atoms with van der Waals surface area (Å²) in [7, 11) is 2.10. The lowest BCUT2D eigenvalue weighted by Gasteiger charge is -2.37. The van der Waals surface area contributed by atoms with Crippen molar-refractivity contribution in [1.29, 1.82) is 0 Å². The molecule has 0 bridgehead atoms. The summed E-state index contributed by atoms with van der Waals surface area (Å²) in [6, 6.07) is 0. The third kappa shape index (κ3) is 3.82. The number of rotatable bonds is 6. The zero-order valence-electron chi connectivity index (χ0n) is 9.77. The lowest BCUT2D eigenvalue weighted by molar-refractivity contribution is 0.180. The van der Waals surface area contributed by atoms with Gasteiger partial charge in [0.1, 0.15) is 0 Å². The Morgan fingerprint density at radius 3 is 2.50 bits per heavy atom. The SMILES string of the molecule is CCSCCC1(CNC)CCCCC1. The van der Waals surface area contributed by atoms with Gasteiger partial charge < -0.3 is 5.32 Å². The predicted octanol–water partition coefficient (Wildman–Crippen LogP) is 3.30. The van der Waals surface area contributed by atoms with E-state index in [9.17, 15) is 0 Å². The van der Waals surface area contributed by atoms with E-state index in [4.69, 9.17) is 0 Å². The Morgan fingerprint density at radius 2 is 1.93 bits per heavy atom. The van der Waals surface area contributed by atoms with Crippen LogP contribution in [0.15, 0.2) is 0 Å². The van der Waals surface area contributed by atoms with Gasteiger partial charge in [0.2, 0.25) is 0 Å². The van der Waals surface area contributed by atoms with Crippen LogP contribution < -0.4 is 5.32 Å². The van der Waals surface area contributed by atoms with E-state index in [1.165, 1.54) is 56.6 Å². The monoisotopic (exact) mass is 215 g/mol. The van der Waals surface area contributed by atoms with E-state index in [1.54, 1.807) is 0 Å². The average Bonchev–Trinajstić information content (AvgIpc) is 2.20. The van der Waals surface area contributed by atoms with Crippen LogP contribution in [0.4, 0.5) is 0 Å². The first-order chi connectivity index (χ1) is 6.83. The van der Waals surface area contributed by atoms with Crippen molar-refractivity contribution in [2.24, 2.45) is 5.41 Å². The van der Waals surface area contributed by atoms with E-state index >= 15 is 0 Å². The Morgan fingerprint density at radius 1 is 1.21 bits per heavy atom. The first kappa shape index (κ1) is 12.4. The molecule has 1 aliphatic carbocycles. The third-order valence-electron chi connectivity index (χ3n) is 3.45. The van der Waals surface area contributed by atoms with Crippen molar-refractivity contribution >= 4 is 11.8 Å². The van der Waals surface area contributed by atoms with Gasteiger partial charge in [0.05, 0.1) is 0 Å². The van der Waals surface area contributed by atoms with Crippen LogP contribution in [-0.2, 0) is 0 Å². The van der Waals surface area contributed by atoms with Gasteiger partial charge in [-0.15, -0.1) is 0 Å². The molecule has 1 aliphatic rings. The summed E-state index contributed by atoms with van der Waals surface area (Å²) in [5.41, 5.74) is 0.648. The van der Waals surface area contributed by atoms with Crippen molar-refractivity contribution in [3.8, 4) is 0 Å². The summed E-state index contributed by atoms with van der Waals surface area (Å²) in [6.07, 6.45) is 8.71. The molecule has 2 heteroatoms. The van der Waals surface area contributed by atoms with Gasteiger partial charge in [-0.25, -0.2) is 0 Å². The van der Waals surface area contributed by atoms with E-state index < -0.39 is 0 Å². The molecule has 1 nitrogen and oxygen atoms in total. The van der Waals surface area contributed by atoms with Crippen LogP contribution in [0.5, 0.6) is 0 Å².